The van der Waals surface area contributed by atoms with Crippen molar-refractivity contribution in [3.63, 3.8) is 0 Å². The number of nitriles is 2. The first-order valence-corrected chi connectivity index (χ1v) is 11.1. The molecular formula is C19H13I2N3O2S. The van der Waals surface area contributed by atoms with E-state index in [0.29, 0.717) is 23.3 Å². The summed E-state index contributed by atoms with van der Waals surface area (Å²) < 4.78 is 1.28. The highest BCUT2D eigenvalue weighted by Crippen LogP contribution is 2.37. The highest BCUT2D eigenvalue weighted by atomic mass is 127. The van der Waals surface area contributed by atoms with Crippen molar-refractivity contribution in [1.29, 1.82) is 10.5 Å². The predicted octanol–water partition coefficient (Wildman–Crippen LogP) is 4.96. The van der Waals surface area contributed by atoms with Crippen LogP contribution in [-0.4, -0.2) is 11.0 Å². The summed E-state index contributed by atoms with van der Waals surface area (Å²) in [6.07, 6.45) is 5.41. The minimum atomic E-state index is -0.536. The van der Waals surface area contributed by atoms with E-state index in [2.05, 4.69) is 11.4 Å². The minimum Gasteiger partial charge on any atom is -0.506 e. The van der Waals surface area contributed by atoms with Gasteiger partial charge in [-0.2, -0.15) is 10.5 Å². The molecule has 0 aliphatic heterocycles. The second-order valence-electron chi connectivity index (χ2n) is 5.98. The Morgan fingerprint density at radius 2 is 1.89 bits per heavy atom. The summed E-state index contributed by atoms with van der Waals surface area (Å²) in [5.41, 5.74) is 2.16. The molecular weight excluding hydrogens is 588 g/mol. The van der Waals surface area contributed by atoms with Gasteiger partial charge in [0.2, 0.25) is 0 Å². The molecule has 3 rings (SSSR count). The fourth-order valence-corrected chi connectivity index (χ4v) is 5.98. The van der Waals surface area contributed by atoms with Gasteiger partial charge in [0.15, 0.2) is 0 Å². The Kier molecular flexibility index (Phi) is 6.40. The van der Waals surface area contributed by atoms with Crippen LogP contribution < -0.4 is 5.32 Å². The Labute approximate surface area is 188 Å². The lowest BCUT2D eigenvalue weighted by Gasteiger charge is -2.09. The Morgan fingerprint density at radius 3 is 2.52 bits per heavy atom. The molecule has 0 fully saturated rings. The summed E-state index contributed by atoms with van der Waals surface area (Å²) in [6, 6.07) is 7.53. The van der Waals surface area contributed by atoms with E-state index >= 15 is 0 Å². The summed E-state index contributed by atoms with van der Waals surface area (Å²) in [4.78, 5) is 13.8. The van der Waals surface area contributed by atoms with Gasteiger partial charge in [-0.25, -0.2) is 0 Å². The third-order valence-electron chi connectivity index (χ3n) is 4.23. The standard InChI is InChI=1S/C19H13I2N3O2S/c20-14-6-10(7-15(21)17(14)25)5-11(8-22)18(26)24-19-13(9-23)12-3-1-2-4-16(12)27-19/h5-7,25H,1-4H2,(H,24,26)/b11-5+. The first kappa shape index (κ1) is 20.1. The maximum Gasteiger partial charge on any atom is 0.266 e. The minimum absolute atomic E-state index is 0.0532. The first-order chi connectivity index (χ1) is 12.9. The van der Waals surface area contributed by atoms with Gasteiger partial charge in [0.25, 0.3) is 5.91 Å². The van der Waals surface area contributed by atoms with Crippen LogP contribution in [0, 0.1) is 29.8 Å². The van der Waals surface area contributed by atoms with Gasteiger partial charge in [-0.1, -0.05) is 0 Å². The van der Waals surface area contributed by atoms with Crippen molar-refractivity contribution in [2.24, 2.45) is 0 Å². The van der Waals surface area contributed by atoms with Crippen molar-refractivity contribution in [2.45, 2.75) is 25.7 Å². The van der Waals surface area contributed by atoms with Crippen LogP contribution >= 0.6 is 56.5 Å². The zero-order valence-corrected chi connectivity index (χ0v) is 19.1. The number of thiophene rings is 1. The number of rotatable bonds is 3. The average Bonchev–Trinajstić information content (AvgIpc) is 3.00. The summed E-state index contributed by atoms with van der Waals surface area (Å²) in [5, 5.41) is 32.0. The van der Waals surface area contributed by atoms with Crippen LogP contribution in [0.25, 0.3) is 6.08 Å². The third-order valence-corrected chi connectivity index (χ3v) is 7.08. The first-order valence-electron chi connectivity index (χ1n) is 8.10. The third kappa shape index (κ3) is 4.28. The molecule has 5 nitrogen and oxygen atoms in total. The number of phenols is 1. The number of benzene rings is 1. The molecule has 2 N–H and O–H groups in total. The second-order valence-corrected chi connectivity index (χ2v) is 9.41. The number of hydrogen-bond donors (Lipinski definition) is 2. The number of fused-ring (bicyclic) bond motifs is 1. The number of amides is 1. The number of hydrogen-bond acceptors (Lipinski definition) is 5. The van der Waals surface area contributed by atoms with Gasteiger partial charge in [-0.15, -0.1) is 11.3 Å². The van der Waals surface area contributed by atoms with Crippen molar-refractivity contribution in [3.05, 3.63) is 46.4 Å². The van der Waals surface area contributed by atoms with E-state index in [1.807, 2.05) is 51.3 Å². The lowest BCUT2D eigenvalue weighted by Crippen LogP contribution is -2.13. The maximum absolute atomic E-state index is 12.6. The zero-order chi connectivity index (χ0) is 19.6. The molecule has 0 radical (unpaired) electrons. The quantitative estimate of drug-likeness (QED) is 0.296. The molecule has 0 spiro atoms. The number of carbonyl (C=O) groups is 1. The Balaban J connectivity index is 1.90. The molecule has 1 aliphatic carbocycles. The maximum atomic E-state index is 12.6. The second kappa shape index (κ2) is 8.59. The summed E-state index contributed by atoms with van der Waals surface area (Å²) >= 11 is 5.43. The molecule has 2 aromatic rings. The Morgan fingerprint density at radius 1 is 1.22 bits per heavy atom. The molecule has 0 atom stereocenters. The lowest BCUT2D eigenvalue weighted by atomic mass is 9.96. The van der Waals surface area contributed by atoms with E-state index in [1.165, 1.54) is 17.4 Å². The number of aryl methyl sites for hydroxylation is 1. The van der Waals surface area contributed by atoms with Crippen LogP contribution in [-0.2, 0) is 17.6 Å². The molecule has 1 aromatic heterocycles. The van der Waals surface area contributed by atoms with Crippen molar-refractivity contribution in [2.75, 3.05) is 5.32 Å². The van der Waals surface area contributed by atoms with Crippen LogP contribution in [0.2, 0.25) is 0 Å². The fraction of sp³-hybridized carbons (Fsp3) is 0.211. The number of anilines is 1. The van der Waals surface area contributed by atoms with E-state index in [0.717, 1.165) is 36.1 Å². The predicted molar refractivity (Wildman–Crippen MR) is 121 cm³/mol. The number of nitrogens with one attached hydrogen (secondary N) is 1. The molecule has 27 heavy (non-hydrogen) atoms. The summed E-state index contributed by atoms with van der Waals surface area (Å²) in [6.45, 7) is 0. The van der Waals surface area contributed by atoms with Crippen LogP contribution in [0.3, 0.4) is 0 Å². The molecule has 0 unspecified atom stereocenters. The number of halogens is 2. The van der Waals surface area contributed by atoms with Crippen LogP contribution in [0.5, 0.6) is 5.75 Å². The molecule has 1 aromatic carbocycles. The SMILES string of the molecule is N#C/C(=C\c1cc(I)c(O)c(I)c1)C(=O)Nc1sc2c(c1C#N)CCCC2. The van der Waals surface area contributed by atoms with Gasteiger partial charge < -0.3 is 10.4 Å². The Hall–Kier alpha value is -1.63. The zero-order valence-electron chi connectivity index (χ0n) is 14.0. The molecule has 1 heterocycles. The Bertz CT molecular complexity index is 1020. The van der Waals surface area contributed by atoms with Gasteiger partial charge in [-0.05, 0) is 100 Å². The molecule has 0 saturated heterocycles. The van der Waals surface area contributed by atoms with Crippen LogP contribution in [0.1, 0.15) is 34.4 Å². The van der Waals surface area contributed by atoms with Gasteiger partial charge in [0.05, 0.1) is 12.7 Å². The molecule has 1 amide bonds. The molecule has 1 aliphatic rings. The molecule has 0 saturated carbocycles. The lowest BCUT2D eigenvalue weighted by molar-refractivity contribution is -0.112. The van der Waals surface area contributed by atoms with Crippen molar-refractivity contribution >= 4 is 73.5 Å². The van der Waals surface area contributed by atoms with E-state index in [1.54, 1.807) is 12.1 Å². The van der Waals surface area contributed by atoms with Gasteiger partial charge in [0, 0.05) is 4.88 Å². The van der Waals surface area contributed by atoms with Crippen molar-refractivity contribution in [3.8, 4) is 17.9 Å². The van der Waals surface area contributed by atoms with E-state index < -0.39 is 5.91 Å². The highest BCUT2D eigenvalue weighted by molar-refractivity contribution is 14.1. The topological polar surface area (TPSA) is 96.9 Å². The summed E-state index contributed by atoms with van der Waals surface area (Å²) in [7, 11) is 0. The van der Waals surface area contributed by atoms with E-state index in [4.69, 9.17) is 0 Å². The van der Waals surface area contributed by atoms with Gasteiger partial charge in [0.1, 0.15) is 28.5 Å². The smallest absolute Gasteiger partial charge is 0.266 e. The highest BCUT2D eigenvalue weighted by Gasteiger charge is 2.22. The van der Waals surface area contributed by atoms with Crippen molar-refractivity contribution < 1.29 is 9.90 Å². The monoisotopic (exact) mass is 601 g/mol. The fourth-order valence-electron chi connectivity index (χ4n) is 2.93. The van der Waals surface area contributed by atoms with E-state index in [-0.39, 0.29) is 11.3 Å². The largest absolute Gasteiger partial charge is 0.506 e. The number of carbonyl (C=O) groups excluding carboxylic acids is 1. The molecule has 8 heteroatoms. The van der Waals surface area contributed by atoms with Gasteiger partial charge in [-0.3, -0.25) is 4.79 Å². The number of phenolic OH excluding ortho intramolecular Hbond substituents is 1. The molecule has 136 valence electrons. The number of aromatic hydroxyl groups is 1. The van der Waals surface area contributed by atoms with Crippen LogP contribution in [0.4, 0.5) is 5.00 Å². The van der Waals surface area contributed by atoms with E-state index in [9.17, 15) is 20.4 Å². The number of nitrogens with zero attached hydrogens (tertiary/aromatic N) is 2. The molecule has 0 bridgehead atoms. The van der Waals surface area contributed by atoms with Crippen molar-refractivity contribution in [1.82, 2.24) is 0 Å². The van der Waals surface area contributed by atoms with Gasteiger partial charge >= 0.3 is 0 Å². The van der Waals surface area contributed by atoms with Crippen LogP contribution in [0.15, 0.2) is 17.7 Å². The average molecular weight is 601 g/mol. The summed E-state index contributed by atoms with van der Waals surface area (Å²) in [5.74, 6) is -0.357. The normalized spacial score (nSPS) is 13.4.